The largest absolute Gasteiger partial charge is 0.480 e. The molecule has 1 aliphatic heterocycles. The summed E-state index contributed by atoms with van der Waals surface area (Å²) in [4.78, 5) is 10.9. The summed E-state index contributed by atoms with van der Waals surface area (Å²) in [6.07, 6.45) is 0. The molecule has 86 valence electrons. The molecule has 16 heavy (non-hydrogen) atoms. The van der Waals surface area contributed by atoms with Gasteiger partial charge in [-0.1, -0.05) is 23.8 Å². The lowest BCUT2D eigenvalue weighted by Crippen LogP contribution is -2.33. The second kappa shape index (κ2) is 4.47. The van der Waals surface area contributed by atoms with Gasteiger partial charge in [0.15, 0.2) is 0 Å². The zero-order valence-electron chi connectivity index (χ0n) is 9.36. The van der Waals surface area contributed by atoms with Crippen LogP contribution in [0.4, 0.5) is 0 Å². The van der Waals surface area contributed by atoms with Crippen molar-refractivity contribution in [2.75, 3.05) is 5.75 Å². The molecule has 0 aliphatic carbocycles. The minimum absolute atomic E-state index is 0.112. The number of rotatable bonds is 2. The van der Waals surface area contributed by atoms with Crippen molar-refractivity contribution in [2.24, 2.45) is 0 Å². The molecule has 0 aromatic heterocycles. The van der Waals surface area contributed by atoms with Gasteiger partial charge in [-0.25, -0.2) is 0 Å². The van der Waals surface area contributed by atoms with Crippen LogP contribution in [0.3, 0.4) is 0 Å². The number of aryl methyl sites for hydroxylation is 2. The maximum absolute atomic E-state index is 10.9. The zero-order chi connectivity index (χ0) is 11.7. The van der Waals surface area contributed by atoms with Crippen LogP contribution >= 0.6 is 11.8 Å². The first-order chi connectivity index (χ1) is 7.58. The van der Waals surface area contributed by atoms with Crippen molar-refractivity contribution in [1.29, 1.82) is 0 Å². The van der Waals surface area contributed by atoms with Crippen molar-refractivity contribution in [3.63, 3.8) is 0 Å². The monoisotopic (exact) mass is 237 g/mol. The van der Waals surface area contributed by atoms with Crippen molar-refractivity contribution < 1.29 is 9.90 Å². The molecular formula is C12H15NO2S. The fourth-order valence-corrected chi connectivity index (χ4v) is 3.15. The summed E-state index contributed by atoms with van der Waals surface area (Å²) in [5.74, 6) is -0.131. The fourth-order valence-electron chi connectivity index (χ4n) is 1.84. The van der Waals surface area contributed by atoms with Gasteiger partial charge < -0.3 is 5.11 Å². The Morgan fingerprint density at radius 3 is 2.88 bits per heavy atom. The van der Waals surface area contributed by atoms with Crippen molar-refractivity contribution >= 4 is 17.7 Å². The van der Waals surface area contributed by atoms with Crippen molar-refractivity contribution in [3.05, 3.63) is 34.9 Å². The molecule has 1 aromatic rings. The standard InChI is InChI=1S/C12H15NO2S/c1-7-3-4-8(2)9(5-7)11-13-10(6-16-11)12(14)15/h3-5,10-11,13H,6H2,1-2H3,(H,14,15). The summed E-state index contributed by atoms with van der Waals surface area (Å²) in [5.41, 5.74) is 3.62. The average molecular weight is 237 g/mol. The highest BCUT2D eigenvalue weighted by Gasteiger charge is 2.30. The number of nitrogens with one attached hydrogen (secondary N) is 1. The third-order valence-electron chi connectivity index (χ3n) is 2.80. The highest BCUT2D eigenvalue weighted by atomic mass is 32.2. The third-order valence-corrected chi connectivity index (χ3v) is 4.05. The summed E-state index contributed by atoms with van der Waals surface area (Å²) in [6, 6.07) is 5.87. The summed E-state index contributed by atoms with van der Waals surface area (Å²) >= 11 is 1.66. The Bertz CT molecular complexity index is 419. The van der Waals surface area contributed by atoms with Crippen LogP contribution in [0.15, 0.2) is 18.2 Å². The number of thioether (sulfide) groups is 1. The Labute approximate surface area is 99.2 Å². The molecule has 1 saturated heterocycles. The van der Waals surface area contributed by atoms with E-state index in [2.05, 4.69) is 37.4 Å². The van der Waals surface area contributed by atoms with E-state index in [9.17, 15) is 4.79 Å². The molecule has 0 saturated carbocycles. The fraction of sp³-hybridized carbons (Fsp3) is 0.417. The number of hydrogen-bond donors (Lipinski definition) is 2. The normalized spacial score (nSPS) is 24.6. The number of benzene rings is 1. The molecule has 1 aliphatic rings. The van der Waals surface area contributed by atoms with E-state index in [4.69, 9.17) is 5.11 Å². The predicted octanol–water partition coefficient (Wildman–Crippen LogP) is 2.09. The molecule has 2 atom stereocenters. The first kappa shape index (κ1) is 11.5. The summed E-state index contributed by atoms with van der Waals surface area (Å²) in [5, 5.41) is 12.2. The highest BCUT2D eigenvalue weighted by Crippen LogP contribution is 2.34. The first-order valence-electron chi connectivity index (χ1n) is 5.25. The molecule has 2 N–H and O–H groups in total. The second-order valence-electron chi connectivity index (χ2n) is 4.13. The van der Waals surface area contributed by atoms with Crippen LogP contribution in [-0.4, -0.2) is 22.9 Å². The van der Waals surface area contributed by atoms with E-state index < -0.39 is 12.0 Å². The molecule has 0 radical (unpaired) electrons. The summed E-state index contributed by atoms with van der Waals surface area (Å²) in [7, 11) is 0. The molecule has 4 heteroatoms. The Morgan fingerprint density at radius 1 is 1.50 bits per heavy atom. The van der Waals surface area contributed by atoms with E-state index in [-0.39, 0.29) is 5.37 Å². The van der Waals surface area contributed by atoms with E-state index in [1.165, 1.54) is 16.7 Å². The van der Waals surface area contributed by atoms with E-state index in [1.54, 1.807) is 11.8 Å². The lowest BCUT2D eigenvalue weighted by Gasteiger charge is -2.14. The van der Waals surface area contributed by atoms with Gasteiger partial charge >= 0.3 is 5.97 Å². The smallest absolute Gasteiger partial charge is 0.321 e. The molecule has 0 bridgehead atoms. The number of carboxylic acids is 1. The van der Waals surface area contributed by atoms with Crippen LogP contribution in [0.1, 0.15) is 22.1 Å². The molecule has 2 rings (SSSR count). The molecular weight excluding hydrogens is 222 g/mol. The van der Waals surface area contributed by atoms with Crippen LogP contribution in [-0.2, 0) is 4.79 Å². The molecule has 0 amide bonds. The number of hydrogen-bond acceptors (Lipinski definition) is 3. The molecule has 0 spiro atoms. The number of carbonyl (C=O) groups is 1. The van der Waals surface area contributed by atoms with Crippen molar-refractivity contribution in [1.82, 2.24) is 5.32 Å². The maximum atomic E-state index is 10.9. The maximum Gasteiger partial charge on any atom is 0.321 e. The molecule has 3 nitrogen and oxygen atoms in total. The zero-order valence-corrected chi connectivity index (χ0v) is 10.2. The Kier molecular flexibility index (Phi) is 3.21. The van der Waals surface area contributed by atoms with E-state index in [0.717, 1.165) is 0 Å². The van der Waals surface area contributed by atoms with Gasteiger partial charge in [-0.05, 0) is 25.0 Å². The van der Waals surface area contributed by atoms with Crippen LogP contribution in [0, 0.1) is 13.8 Å². The van der Waals surface area contributed by atoms with Gasteiger partial charge in [-0.2, -0.15) is 0 Å². The predicted molar refractivity (Wildman–Crippen MR) is 65.7 cm³/mol. The van der Waals surface area contributed by atoms with Gasteiger partial charge in [-0.3, -0.25) is 10.1 Å². The van der Waals surface area contributed by atoms with Gasteiger partial charge in [0.2, 0.25) is 0 Å². The third kappa shape index (κ3) is 2.23. The van der Waals surface area contributed by atoms with Crippen LogP contribution in [0.2, 0.25) is 0 Å². The SMILES string of the molecule is Cc1ccc(C)c(C2NC(C(=O)O)CS2)c1. The van der Waals surface area contributed by atoms with E-state index >= 15 is 0 Å². The first-order valence-corrected chi connectivity index (χ1v) is 6.30. The van der Waals surface area contributed by atoms with Gasteiger partial charge in [0.05, 0.1) is 5.37 Å². The second-order valence-corrected chi connectivity index (χ2v) is 5.27. The topological polar surface area (TPSA) is 49.3 Å². The number of aliphatic carboxylic acids is 1. The van der Waals surface area contributed by atoms with Gasteiger partial charge in [-0.15, -0.1) is 11.8 Å². The summed E-state index contributed by atoms with van der Waals surface area (Å²) in [6.45, 7) is 4.11. The minimum Gasteiger partial charge on any atom is -0.480 e. The minimum atomic E-state index is -0.764. The highest BCUT2D eigenvalue weighted by molar-refractivity contribution is 7.99. The average Bonchev–Trinajstić information content (AvgIpc) is 2.70. The van der Waals surface area contributed by atoms with Crippen molar-refractivity contribution in [2.45, 2.75) is 25.3 Å². The Balaban J connectivity index is 2.20. The summed E-state index contributed by atoms with van der Waals surface area (Å²) < 4.78 is 0. The van der Waals surface area contributed by atoms with Crippen LogP contribution < -0.4 is 5.32 Å². The molecule has 2 unspecified atom stereocenters. The van der Waals surface area contributed by atoms with Gasteiger partial charge in [0, 0.05) is 5.75 Å². The Morgan fingerprint density at radius 2 is 2.25 bits per heavy atom. The molecule has 1 aromatic carbocycles. The lowest BCUT2D eigenvalue weighted by atomic mass is 10.1. The quantitative estimate of drug-likeness (QED) is 0.827. The van der Waals surface area contributed by atoms with Gasteiger partial charge in [0.25, 0.3) is 0 Å². The van der Waals surface area contributed by atoms with E-state index in [1.807, 2.05) is 0 Å². The Hall–Kier alpha value is -1.00. The molecule has 1 fully saturated rings. The molecule has 1 heterocycles. The number of carboxylic acid groups (broad SMARTS) is 1. The van der Waals surface area contributed by atoms with Gasteiger partial charge in [0.1, 0.15) is 6.04 Å². The van der Waals surface area contributed by atoms with Crippen LogP contribution in [0.5, 0.6) is 0 Å². The lowest BCUT2D eigenvalue weighted by molar-refractivity contribution is -0.138. The van der Waals surface area contributed by atoms with Crippen LogP contribution in [0.25, 0.3) is 0 Å². The van der Waals surface area contributed by atoms with E-state index in [0.29, 0.717) is 5.75 Å². The van der Waals surface area contributed by atoms with Crippen molar-refractivity contribution in [3.8, 4) is 0 Å².